The summed E-state index contributed by atoms with van der Waals surface area (Å²) < 4.78 is 35.6. The van der Waals surface area contributed by atoms with Gasteiger partial charge in [0.2, 0.25) is 5.91 Å². The first-order valence-corrected chi connectivity index (χ1v) is 22.4. The zero-order chi connectivity index (χ0) is 37.5. The van der Waals surface area contributed by atoms with Crippen LogP contribution in [0.2, 0.25) is 18.1 Å². The van der Waals surface area contributed by atoms with Crippen LogP contribution in [-0.2, 0) is 23.5 Å². The van der Waals surface area contributed by atoms with Crippen LogP contribution in [0.4, 0.5) is 10.2 Å². The molecule has 2 aromatic rings. The van der Waals surface area contributed by atoms with E-state index in [1.165, 1.54) is 57.7 Å². The van der Waals surface area contributed by atoms with Gasteiger partial charge >= 0.3 is 12.0 Å². The molecule has 3 rings (SSSR count). The number of nitrogens with zero attached hydrogens (tertiary/aromatic N) is 4. The summed E-state index contributed by atoms with van der Waals surface area (Å²) in [4.78, 5) is 37.9. The number of aromatic nitrogens is 4. The van der Waals surface area contributed by atoms with Gasteiger partial charge in [0.1, 0.15) is 12.8 Å². The number of hydrogen-bond donors (Lipinski definition) is 1. The number of fused-ring (bicyclic) bond motifs is 1. The van der Waals surface area contributed by atoms with E-state index < -0.39 is 32.3 Å². The fourth-order valence-electron chi connectivity index (χ4n) is 6.17. The molecular formula is C39H64FN5O5Si. The minimum atomic E-state index is -2.37. The lowest BCUT2D eigenvalue weighted by Crippen LogP contribution is -2.52. The molecule has 10 nitrogen and oxygen atoms in total. The van der Waals surface area contributed by atoms with Gasteiger partial charge in [-0.3, -0.25) is 14.2 Å². The summed E-state index contributed by atoms with van der Waals surface area (Å²) in [5.41, 5.74) is -0.984. The van der Waals surface area contributed by atoms with E-state index in [2.05, 4.69) is 73.9 Å². The van der Waals surface area contributed by atoms with Crippen LogP contribution in [0.1, 0.15) is 156 Å². The maximum atomic E-state index is 14.9. The molecule has 0 bridgehead atoms. The maximum Gasteiger partial charge on any atom is 0.312 e. The van der Waals surface area contributed by atoms with Crippen molar-refractivity contribution < 1.29 is 27.9 Å². The van der Waals surface area contributed by atoms with Gasteiger partial charge in [-0.2, -0.15) is 14.4 Å². The molecule has 0 saturated carbocycles. The highest BCUT2D eigenvalue weighted by atomic mass is 28.4. The van der Waals surface area contributed by atoms with Crippen LogP contribution in [0.25, 0.3) is 11.2 Å². The minimum Gasteiger partial charge on any atom is -0.461 e. The first-order valence-electron chi connectivity index (χ1n) is 19.5. The maximum absolute atomic E-state index is 14.9. The molecule has 1 saturated heterocycles. The Morgan fingerprint density at radius 1 is 0.980 bits per heavy atom. The summed E-state index contributed by atoms with van der Waals surface area (Å²) in [7, 11) is -2.37. The second-order valence-electron chi connectivity index (χ2n) is 15.7. The van der Waals surface area contributed by atoms with Crippen molar-refractivity contribution in [3.63, 3.8) is 0 Å². The van der Waals surface area contributed by atoms with E-state index in [0.717, 1.165) is 44.9 Å². The van der Waals surface area contributed by atoms with Crippen LogP contribution < -0.4 is 5.32 Å². The molecule has 3 atom stereocenters. The van der Waals surface area contributed by atoms with E-state index in [-0.39, 0.29) is 40.5 Å². The highest BCUT2D eigenvalue weighted by molar-refractivity contribution is 6.74. The smallest absolute Gasteiger partial charge is 0.312 e. The van der Waals surface area contributed by atoms with Gasteiger partial charge in [-0.25, -0.2) is 4.98 Å². The van der Waals surface area contributed by atoms with Crippen molar-refractivity contribution >= 4 is 37.2 Å². The van der Waals surface area contributed by atoms with E-state index in [0.29, 0.717) is 19.3 Å². The average Bonchev–Trinajstić information content (AvgIpc) is 3.65. The Morgan fingerprint density at radius 3 is 2.14 bits per heavy atom. The quantitative estimate of drug-likeness (QED) is 0.0395. The predicted molar refractivity (Wildman–Crippen MR) is 203 cm³/mol. The topological polar surface area (TPSA) is 117 Å². The number of carbonyl (C=O) groups is 2. The van der Waals surface area contributed by atoms with Crippen LogP contribution in [0, 0.1) is 18.4 Å². The second-order valence-corrected chi connectivity index (χ2v) is 20.4. The monoisotopic (exact) mass is 729 g/mol. The van der Waals surface area contributed by atoms with Gasteiger partial charge in [-0.15, -0.1) is 6.42 Å². The van der Waals surface area contributed by atoms with Crippen molar-refractivity contribution in [2.75, 3.05) is 11.9 Å². The van der Waals surface area contributed by atoms with Crippen molar-refractivity contribution in [2.24, 2.45) is 0 Å². The molecule has 0 spiro atoms. The lowest BCUT2D eigenvalue weighted by molar-refractivity contribution is -0.156. The lowest BCUT2D eigenvalue weighted by Gasteiger charge is -2.41. The third-order valence-corrected chi connectivity index (χ3v) is 14.9. The van der Waals surface area contributed by atoms with E-state index in [9.17, 15) is 14.0 Å². The Bertz CT molecular complexity index is 1440. The number of nitrogens with one attached hydrogen (secondary N) is 1. The zero-order valence-electron chi connectivity index (χ0n) is 32.5. The van der Waals surface area contributed by atoms with Crippen LogP contribution in [0.3, 0.4) is 0 Å². The summed E-state index contributed by atoms with van der Waals surface area (Å²) in [6.07, 6.45) is 23.1. The number of terminal acetylenes is 1. The average molecular weight is 730 g/mol. The van der Waals surface area contributed by atoms with Gasteiger partial charge in [0.25, 0.3) is 0 Å². The van der Waals surface area contributed by atoms with Crippen molar-refractivity contribution in [1.82, 2.24) is 19.5 Å². The van der Waals surface area contributed by atoms with Gasteiger partial charge in [0.05, 0.1) is 12.4 Å². The molecule has 12 heteroatoms. The molecule has 0 aromatic carbocycles. The van der Waals surface area contributed by atoms with Gasteiger partial charge in [0.15, 0.2) is 30.9 Å². The predicted octanol–water partition coefficient (Wildman–Crippen LogP) is 9.80. The van der Waals surface area contributed by atoms with Gasteiger partial charge in [-0.1, -0.05) is 124 Å². The number of imidazole rings is 1. The number of esters is 1. The standard InChI is InChI=1S/C39H64FN5O5Si/c1-9-12-14-16-17-18-19-20-21-22-23-25-31(46)42-35-34-36(44-37(40)43-35)45(29-41-34)32-27-30(50-51(7,8)38(4,5)6)39(11-3,49-32)28-48-33(47)26-24-15-13-10-2/h3,29-30,32H,9-10,12-28H2,1-2,4-8H3,(H,42,43,44,46)/t30?,32-,39-/m1/s1. The number of unbranched alkanes of at least 4 members (excludes halogenated alkanes) is 13. The fourth-order valence-corrected chi connectivity index (χ4v) is 7.52. The first kappa shape index (κ1) is 42.5. The summed E-state index contributed by atoms with van der Waals surface area (Å²) >= 11 is 0. The third-order valence-electron chi connectivity index (χ3n) is 10.4. The first-order chi connectivity index (χ1) is 24.3. The highest BCUT2D eigenvalue weighted by Gasteiger charge is 2.54. The number of rotatable bonds is 23. The Balaban J connectivity index is 1.69. The normalized spacial score (nSPS) is 19.4. The largest absolute Gasteiger partial charge is 0.461 e. The number of carbonyl (C=O) groups excluding carboxylic acids is 2. The van der Waals surface area contributed by atoms with Crippen LogP contribution in [0.15, 0.2) is 6.33 Å². The minimum absolute atomic E-state index is 0.0107. The van der Waals surface area contributed by atoms with Crippen molar-refractivity contribution in [2.45, 2.75) is 186 Å². The molecule has 3 heterocycles. The second kappa shape index (κ2) is 20.4. The van der Waals surface area contributed by atoms with Crippen LogP contribution >= 0.6 is 0 Å². The summed E-state index contributed by atoms with van der Waals surface area (Å²) in [6, 6.07) is 0. The lowest BCUT2D eigenvalue weighted by atomic mass is 9.99. The molecule has 1 fully saturated rings. The fraction of sp³-hybridized carbons (Fsp3) is 0.769. The number of amides is 1. The van der Waals surface area contributed by atoms with Gasteiger partial charge < -0.3 is 19.2 Å². The molecule has 2 aromatic heterocycles. The van der Waals surface area contributed by atoms with Crippen LogP contribution in [-0.4, -0.2) is 58.0 Å². The number of hydrogen-bond acceptors (Lipinski definition) is 8. The molecule has 1 N–H and O–H groups in total. The SMILES string of the molecule is C#C[C@]1(COC(=O)CCCCCC)O[C@@H](n2cnc3c(NC(=O)CCCCCCCCCCCCC)nc(F)nc32)CC1O[Si](C)(C)C(C)(C)C. The van der Waals surface area contributed by atoms with E-state index in [1.807, 2.05) is 0 Å². The molecule has 1 unspecified atom stereocenters. The third kappa shape index (κ3) is 12.6. The zero-order valence-corrected chi connectivity index (χ0v) is 33.5. The molecule has 1 amide bonds. The number of anilines is 1. The van der Waals surface area contributed by atoms with E-state index >= 15 is 0 Å². The molecule has 1 aliphatic rings. The number of halogens is 1. The summed E-state index contributed by atoms with van der Waals surface area (Å²) in [5, 5.41) is 2.63. The number of ether oxygens (including phenoxy) is 2. The van der Waals surface area contributed by atoms with E-state index in [4.69, 9.17) is 20.3 Å². The van der Waals surface area contributed by atoms with Gasteiger partial charge in [-0.05, 0) is 31.0 Å². The van der Waals surface area contributed by atoms with Crippen molar-refractivity contribution in [3.8, 4) is 12.3 Å². The van der Waals surface area contributed by atoms with Crippen molar-refractivity contribution in [1.29, 1.82) is 0 Å². The molecule has 1 aliphatic heterocycles. The summed E-state index contributed by atoms with van der Waals surface area (Å²) in [5.74, 6) is 2.20. The highest BCUT2D eigenvalue weighted by Crippen LogP contribution is 2.45. The summed E-state index contributed by atoms with van der Waals surface area (Å²) in [6.45, 7) is 14.8. The molecular weight excluding hydrogens is 666 g/mol. The Labute approximate surface area is 306 Å². The molecule has 51 heavy (non-hydrogen) atoms. The van der Waals surface area contributed by atoms with Gasteiger partial charge in [0, 0.05) is 19.3 Å². The van der Waals surface area contributed by atoms with Crippen LogP contribution in [0.5, 0.6) is 0 Å². The Morgan fingerprint density at radius 2 is 1.55 bits per heavy atom. The molecule has 0 aliphatic carbocycles. The Kier molecular flexibility index (Phi) is 17.0. The van der Waals surface area contributed by atoms with E-state index in [1.54, 1.807) is 4.57 Å². The molecule has 286 valence electrons. The molecule has 0 radical (unpaired) electrons. The Hall–Kier alpha value is -2.88. The van der Waals surface area contributed by atoms with Crippen molar-refractivity contribution in [3.05, 3.63) is 12.4 Å².